The van der Waals surface area contributed by atoms with E-state index in [1.54, 1.807) is 4.90 Å². The molecule has 3 heterocycles. The molecule has 0 spiro atoms. The van der Waals surface area contributed by atoms with Crippen LogP contribution in [0.5, 0.6) is 0 Å². The minimum absolute atomic E-state index is 0.0318. The van der Waals surface area contributed by atoms with Crippen LogP contribution in [0.1, 0.15) is 31.7 Å². The molecular formula is C17H21N3O3. The van der Waals surface area contributed by atoms with Crippen LogP contribution in [0, 0.1) is 0 Å². The van der Waals surface area contributed by atoms with Crippen molar-refractivity contribution >= 4 is 23.4 Å². The molecule has 1 aromatic carbocycles. The van der Waals surface area contributed by atoms with Crippen molar-refractivity contribution in [2.24, 2.45) is 0 Å². The van der Waals surface area contributed by atoms with Crippen molar-refractivity contribution in [1.82, 2.24) is 4.90 Å². The van der Waals surface area contributed by atoms with Gasteiger partial charge in [-0.15, -0.1) is 0 Å². The maximum absolute atomic E-state index is 12.1. The molecule has 0 radical (unpaired) electrons. The average Bonchev–Trinajstić information content (AvgIpc) is 2.78. The number of hydrogen-bond donors (Lipinski definition) is 1. The molecule has 23 heavy (non-hydrogen) atoms. The Morgan fingerprint density at radius 2 is 2.30 bits per heavy atom. The lowest BCUT2D eigenvalue weighted by Gasteiger charge is -2.47. The molecule has 0 aliphatic carbocycles. The molecule has 3 aliphatic rings. The average molecular weight is 315 g/mol. The number of carbonyl (C=O) groups is 2. The van der Waals surface area contributed by atoms with Crippen LogP contribution in [0.2, 0.25) is 0 Å². The molecule has 6 nitrogen and oxygen atoms in total. The zero-order valence-corrected chi connectivity index (χ0v) is 13.5. The van der Waals surface area contributed by atoms with E-state index in [2.05, 4.69) is 23.2 Å². The second kappa shape index (κ2) is 4.88. The predicted octanol–water partition coefficient (Wildman–Crippen LogP) is 2.16. The van der Waals surface area contributed by atoms with Crippen molar-refractivity contribution in [3.63, 3.8) is 0 Å². The highest BCUT2D eigenvalue weighted by atomic mass is 16.6. The number of ether oxygens (including phenoxy) is 1. The first-order chi connectivity index (χ1) is 11.0. The second-order valence-electron chi connectivity index (χ2n) is 6.68. The third-order valence-electron chi connectivity index (χ3n) is 5.47. The van der Waals surface area contributed by atoms with Crippen LogP contribution >= 0.6 is 0 Å². The number of para-hydroxylation sites is 1. The third-order valence-corrected chi connectivity index (χ3v) is 5.47. The standard InChI is InChI=1S/C17H21N3O3/c1-3-23-16(22)19-8-7-17(2)12(9-19)11-5-4-6-13-15(11)20(17)10-14(21)18-13/h4-6,12H,3,7-10H2,1-2H3,(H,18,21)/t12?,17-/m0/s1. The number of likely N-dealkylation sites (tertiary alicyclic amines) is 1. The smallest absolute Gasteiger partial charge is 0.409 e. The topological polar surface area (TPSA) is 61.9 Å². The van der Waals surface area contributed by atoms with Crippen LogP contribution in [0.3, 0.4) is 0 Å². The van der Waals surface area contributed by atoms with Crippen LogP contribution in [0.4, 0.5) is 16.2 Å². The summed E-state index contributed by atoms with van der Waals surface area (Å²) in [5, 5.41) is 2.97. The molecule has 4 rings (SSSR count). The lowest BCUT2D eigenvalue weighted by atomic mass is 9.78. The van der Waals surface area contributed by atoms with E-state index in [0.717, 1.165) is 17.8 Å². The minimum atomic E-state index is -0.241. The van der Waals surface area contributed by atoms with Gasteiger partial charge >= 0.3 is 6.09 Å². The van der Waals surface area contributed by atoms with Crippen LogP contribution in [0.25, 0.3) is 0 Å². The van der Waals surface area contributed by atoms with Crippen LogP contribution < -0.4 is 10.2 Å². The van der Waals surface area contributed by atoms with Crippen molar-refractivity contribution in [3.05, 3.63) is 23.8 Å². The van der Waals surface area contributed by atoms with E-state index in [1.165, 1.54) is 5.56 Å². The number of fused-ring (bicyclic) bond motifs is 3. The number of nitrogens with zero attached hydrogens (tertiary/aromatic N) is 2. The van der Waals surface area contributed by atoms with Gasteiger partial charge in [0.15, 0.2) is 0 Å². The van der Waals surface area contributed by atoms with E-state index in [-0.39, 0.29) is 23.5 Å². The zero-order chi connectivity index (χ0) is 16.2. The molecule has 2 amide bonds. The first-order valence-electron chi connectivity index (χ1n) is 8.16. The van der Waals surface area contributed by atoms with Gasteiger partial charge in [-0.25, -0.2) is 4.79 Å². The van der Waals surface area contributed by atoms with E-state index < -0.39 is 0 Å². The molecule has 0 bridgehead atoms. The molecule has 3 aliphatic heterocycles. The molecular weight excluding hydrogens is 294 g/mol. The molecule has 122 valence electrons. The predicted molar refractivity (Wildman–Crippen MR) is 86.8 cm³/mol. The van der Waals surface area contributed by atoms with E-state index >= 15 is 0 Å². The largest absolute Gasteiger partial charge is 0.450 e. The highest BCUT2D eigenvalue weighted by molar-refractivity contribution is 6.03. The Morgan fingerprint density at radius 3 is 3.09 bits per heavy atom. The van der Waals surface area contributed by atoms with Crippen LogP contribution in [0.15, 0.2) is 18.2 Å². The molecule has 6 heteroatoms. The fourth-order valence-electron chi connectivity index (χ4n) is 4.27. The lowest BCUT2D eigenvalue weighted by Crippen LogP contribution is -2.58. The minimum Gasteiger partial charge on any atom is -0.450 e. The van der Waals surface area contributed by atoms with Crippen molar-refractivity contribution < 1.29 is 14.3 Å². The summed E-state index contributed by atoms with van der Waals surface area (Å²) in [6, 6.07) is 6.05. The maximum atomic E-state index is 12.1. The van der Waals surface area contributed by atoms with E-state index in [0.29, 0.717) is 26.2 Å². The number of amides is 2. The van der Waals surface area contributed by atoms with Crippen LogP contribution in [-0.2, 0) is 9.53 Å². The highest BCUT2D eigenvalue weighted by Crippen LogP contribution is 2.55. The van der Waals surface area contributed by atoms with Gasteiger partial charge in [-0.2, -0.15) is 0 Å². The molecule has 1 N–H and O–H groups in total. The summed E-state index contributed by atoms with van der Waals surface area (Å²) < 4.78 is 5.16. The molecule has 1 unspecified atom stereocenters. The van der Waals surface area contributed by atoms with Crippen LogP contribution in [-0.4, -0.2) is 48.7 Å². The number of hydrogen-bond acceptors (Lipinski definition) is 4. The van der Waals surface area contributed by atoms with Gasteiger partial charge in [0.25, 0.3) is 0 Å². The summed E-state index contributed by atoms with van der Waals surface area (Å²) in [4.78, 5) is 28.2. The van der Waals surface area contributed by atoms with Gasteiger partial charge in [-0.3, -0.25) is 4.79 Å². The Morgan fingerprint density at radius 1 is 1.48 bits per heavy atom. The fraction of sp³-hybridized carbons (Fsp3) is 0.529. The molecule has 2 atom stereocenters. The van der Waals surface area contributed by atoms with Gasteiger partial charge in [-0.1, -0.05) is 12.1 Å². The Bertz CT molecular complexity index is 690. The number of piperidine rings is 1. The summed E-state index contributed by atoms with van der Waals surface area (Å²) in [6.45, 7) is 6.11. The van der Waals surface area contributed by atoms with E-state index in [9.17, 15) is 9.59 Å². The van der Waals surface area contributed by atoms with Gasteiger partial charge in [0.2, 0.25) is 5.91 Å². The fourth-order valence-corrected chi connectivity index (χ4v) is 4.27. The molecule has 1 aromatic rings. The van der Waals surface area contributed by atoms with E-state index in [4.69, 9.17) is 4.74 Å². The lowest BCUT2D eigenvalue weighted by molar-refractivity contribution is -0.115. The van der Waals surface area contributed by atoms with Crippen molar-refractivity contribution in [2.45, 2.75) is 31.7 Å². The van der Waals surface area contributed by atoms with Gasteiger partial charge in [0.05, 0.1) is 24.5 Å². The second-order valence-corrected chi connectivity index (χ2v) is 6.68. The number of anilines is 2. The SMILES string of the molecule is CCOC(=O)N1CC[C@@]2(C)C(C1)c1cccc3c1N2CC(=O)N3. The monoisotopic (exact) mass is 315 g/mol. The number of rotatable bonds is 1. The van der Waals surface area contributed by atoms with Crippen molar-refractivity contribution in [3.8, 4) is 0 Å². The Balaban J connectivity index is 1.73. The first kappa shape index (κ1) is 14.4. The van der Waals surface area contributed by atoms with Gasteiger partial charge in [-0.05, 0) is 31.9 Å². The maximum Gasteiger partial charge on any atom is 0.409 e. The zero-order valence-electron chi connectivity index (χ0n) is 13.5. The number of carbonyl (C=O) groups excluding carboxylic acids is 2. The normalized spacial score (nSPS) is 28.1. The summed E-state index contributed by atoms with van der Waals surface area (Å²) in [6.07, 6.45) is 0.590. The summed E-state index contributed by atoms with van der Waals surface area (Å²) in [7, 11) is 0. The quantitative estimate of drug-likeness (QED) is 0.863. The van der Waals surface area contributed by atoms with Crippen molar-refractivity contribution in [2.75, 3.05) is 36.5 Å². The Labute approximate surface area is 135 Å². The Hall–Kier alpha value is -2.24. The first-order valence-corrected chi connectivity index (χ1v) is 8.16. The van der Waals surface area contributed by atoms with E-state index in [1.807, 2.05) is 19.1 Å². The molecule has 0 saturated carbocycles. The molecule has 1 saturated heterocycles. The molecule has 1 fully saturated rings. The summed E-state index contributed by atoms with van der Waals surface area (Å²) in [5.41, 5.74) is 3.11. The number of benzene rings is 1. The van der Waals surface area contributed by atoms with Gasteiger partial charge in [0, 0.05) is 24.5 Å². The number of nitrogens with one attached hydrogen (secondary N) is 1. The third kappa shape index (κ3) is 1.93. The Kier molecular flexibility index (Phi) is 3.04. The summed E-state index contributed by atoms with van der Waals surface area (Å²) >= 11 is 0. The van der Waals surface area contributed by atoms with Gasteiger partial charge < -0.3 is 19.9 Å². The van der Waals surface area contributed by atoms with Gasteiger partial charge in [0.1, 0.15) is 0 Å². The summed E-state index contributed by atoms with van der Waals surface area (Å²) in [5.74, 6) is 0.229. The highest BCUT2D eigenvalue weighted by Gasteiger charge is 2.53. The van der Waals surface area contributed by atoms with Crippen molar-refractivity contribution in [1.29, 1.82) is 0 Å². The molecule has 0 aromatic heterocycles.